The van der Waals surface area contributed by atoms with Gasteiger partial charge in [-0.1, -0.05) is 0 Å². The molecular formula is C7H15NO4. The molecular weight excluding hydrogens is 162 g/mol. The zero-order valence-electron chi connectivity index (χ0n) is 7.14. The first kappa shape index (κ1) is 9.88. The number of aliphatic hydroxyl groups excluding tert-OH is 3. The van der Waals surface area contributed by atoms with E-state index in [4.69, 9.17) is 9.84 Å². The summed E-state index contributed by atoms with van der Waals surface area (Å²) in [4.78, 5) is 0. The summed E-state index contributed by atoms with van der Waals surface area (Å²) < 4.78 is 4.96. The average molecular weight is 177 g/mol. The molecule has 0 spiro atoms. The molecule has 0 amide bonds. The van der Waals surface area contributed by atoms with Crippen LogP contribution in [0.15, 0.2) is 0 Å². The van der Waals surface area contributed by atoms with Crippen LogP contribution in [0.5, 0.6) is 0 Å². The highest BCUT2D eigenvalue weighted by Gasteiger charge is 2.40. The van der Waals surface area contributed by atoms with Gasteiger partial charge < -0.3 is 25.4 Å². The molecule has 0 aromatic carbocycles. The maximum Gasteiger partial charge on any atom is 0.183 e. The Morgan fingerprint density at radius 1 is 1.17 bits per heavy atom. The SMILES string of the molecule is CN[C@H]1[C@H](O)[C@@H](O)[C@@H](O)O[C@@H]1C. The molecule has 5 heteroatoms. The van der Waals surface area contributed by atoms with Gasteiger partial charge in [-0.25, -0.2) is 0 Å². The number of rotatable bonds is 1. The molecule has 1 rings (SSSR count). The van der Waals surface area contributed by atoms with Crippen molar-refractivity contribution in [3.63, 3.8) is 0 Å². The standard InChI is InChI=1S/C7H15NO4/c1-3-4(8-2)5(9)6(10)7(11)12-3/h3-11H,1-2H3/t3-,4-,5+,6-,7+/m1/s1. The van der Waals surface area contributed by atoms with E-state index < -0.39 is 18.5 Å². The van der Waals surface area contributed by atoms with Crippen LogP contribution in [-0.4, -0.2) is 53.0 Å². The Bertz CT molecular complexity index is 154. The van der Waals surface area contributed by atoms with Crippen LogP contribution in [0.4, 0.5) is 0 Å². The molecule has 0 aromatic heterocycles. The zero-order chi connectivity index (χ0) is 9.30. The summed E-state index contributed by atoms with van der Waals surface area (Å²) in [5, 5.41) is 30.5. The van der Waals surface area contributed by atoms with Crippen LogP contribution in [0.2, 0.25) is 0 Å². The van der Waals surface area contributed by atoms with Gasteiger partial charge in [-0.3, -0.25) is 0 Å². The number of aliphatic hydroxyl groups is 3. The van der Waals surface area contributed by atoms with Crippen molar-refractivity contribution < 1.29 is 20.1 Å². The molecule has 12 heavy (non-hydrogen) atoms. The first-order valence-corrected chi connectivity index (χ1v) is 3.95. The second kappa shape index (κ2) is 3.68. The van der Waals surface area contributed by atoms with Crippen molar-refractivity contribution in [1.29, 1.82) is 0 Å². The van der Waals surface area contributed by atoms with E-state index in [1.165, 1.54) is 0 Å². The lowest BCUT2D eigenvalue weighted by Crippen LogP contribution is -2.60. The Kier molecular flexibility index (Phi) is 3.03. The van der Waals surface area contributed by atoms with E-state index in [1.54, 1.807) is 14.0 Å². The minimum Gasteiger partial charge on any atom is -0.388 e. The number of hydrogen-bond donors (Lipinski definition) is 4. The molecule has 4 N–H and O–H groups in total. The minimum atomic E-state index is -1.29. The highest BCUT2D eigenvalue weighted by molar-refractivity contribution is 4.90. The van der Waals surface area contributed by atoms with Crippen LogP contribution in [-0.2, 0) is 4.74 Å². The van der Waals surface area contributed by atoms with Gasteiger partial charge in [0.25, 0.3) is 0 Å². The molecule has 0 bridgehead atoms. The van der Waals surface area contributed by atoms with E-state index in [2.05, 4.69) is 5.32 Å². The Morgan fingerprint density at radius 3 is 2.25 bits per heavy atom. The molecule has 1 aliphatic rings. The second-order valence-electron chi connectivity index (χ2n) is 3.03. The normalized spacial score (nSPS) is 49.2. The first-order valence-electron chi connectivity index (χ1n) is 3.95. The quantitative estimate of drug-likeness (QED) is 0.373. The van der Waals surface area contributed by atoms with E-state index in [1.807, 2.05) is 0 Å². The van der Waals surface area contributed by atoms with Crippen molar-refractivity contribution in [3.8, 4) is 0 Å². The van der Waals surface area contributed by atoms with Gasteiger partial charge in [0.05, 0.1) is 12.1 Å². The molecule has 0 unspecified atom stereocenters. The van der Waals surface area contributed by atoms with Gasteiger partial charge in [0, 0.05) is 0 Å². The molecule has 1 heterocycles. The Morgan fingerprint density at radius 2 is 1.75 bits per heavy atom. The third-order valence-electron chi connectivity index (χ3n) is 2.20. The lowest BCUT2D eigenvalue weighted by molar-refractivity contribution is -0.252. The van der Waals surface area contributed by atoms with Gasteiger partial charge in [-0.2, -0.15) is 0 Å². The summed E-state index contributed by atoms with van der Waals surface area (Å²) >= 11 is 0. The van der Waals surface area contributed by atoms with Crippen molar-refractivity contribution in [1.82, 2.24) is 5.32 Å². The summed E-state index contributed by atoms with van der Waals surface area (Å²) in [6.45, 7) is 1.72. The summed E-state index contributed by atoms with van der Waals surface area (Å²) in [7, 11) is 1.66. The number of ether oxygens (including phenoxy) is 1. The molecule has 0 saturated carbocycles. The van der Waals surface area contributed by atoms with Crippen molar-refractivity contribution >= 4 is 0 Å². The van der Waals surface area contributed by atoms with E-state index in [-0.39, 0.29) is 12.1 Å². The first-order chi connectivity index (χ1) is 5.57. The molecule has 1 aliphatic heterocycles. The third-order valence-corrected chi connectivity index (χ3v) is 2.20. The summed E-state index contributed by atoms with van der Waals surface area (Å²) in [6.07, 6.45) is -3.84. The molecule has 1 fully saturated rings. The van der Waals surface area contributed by atoms with E-state index in [0.29, 0.717) is 0 Å². The number of nitrogens with one attached hydrogen (secondary N) is 1. The Hall–Kier alpha value is -0.200. The maximum absolute atomic E-state index is 9.43. The lowest BCUT2D eigenvalue weighted by atomic mass is 9.97. The molecule has 0 aliphatic carbocycles. The Labute approximate surface area is 71.0 Å². The van der Waals surface area contributed by atoms with E-state index in [0.717, 1.165) is 0 Å². The van der Waals surface area contributed by atoms with Crippen molar-refractivity contribution in [2.45, 2.75) is 37.6 Å². The van der Waals surface area contributed by atoms with Crippen LogP contribution in [0.25, 0.3) is 0 Å². The smallest absolute Gasteiger partial charge is 0.183 e. The molecule has 0 radical (unpaired) electrons. The van der Waals surface area contributed by atoms with Gasteiger partial charge in [0.15, 0.2) is 6.29 Å². The predicted octanol–water partition coefficient (Wildman–Crippen LogP) is -1.97. The fraction of sp³-hybridized carbons (Fsp3) is 1.00. The van der Waals surface area contributed by atoms with Gasteiger partial charge >= 0.3 is 0 Å². The predicted molar refractivity (Wildman–Crippen MR) is 41.4 cm³/mol. The fourth-order valence-electron chi connectivity index (χ4n) is 1.45. The molecule has 5 nitrogen and oxygen atoms in total. The van der Waals surface area contributed by atoms with Crippen LogP contribution in [0, 0.1) is 0 Å². The zero-order valence-corrected chi connectivity index (χ0v) is 7.14. The van der Waals surface area contributed by atoms with Gasteiger partial charge in [-0.05, 0) is 14.0 Å². The van der Waals surface area contributed by atoms with E-state index >= 15 is 0 Å². The van der Waals surface area contributed by atoms with Crippen LogP contribution >= 0.6 is 0 Å². The maximum atomic E-state index is 9.43. The Balaban J connectivity index is 2.65. The number of likely N-dealkylation sites (N-methyl/N-ethyl adjacent to an activating group) is 1. The van der Waals surface area contributed by atoms with Crippen LogP contribution in [0.3, 0.4) is 0 Å². The second-order valence-corrected chi connectivity index (χ2v) is 3.03. The average Bonchev–Trinajstić information content (AvgIpc) is 2.01. The van der Waals surface area contributed by atoms with Gasteiger partial charge in [-0.15, -0.1) is 0 Å². The molecule has 5 atom stereocenters. The van der Waals surface area contributed by atoms with Crippen molar-refractivity contribution in [3.05, 3.63) is 0 Å². The van der Waals surface area contributed by atoms with E-state index in [9.17, 15) is 10.2 Å². The van der Waals surface area contributed by atoms with Gasteiger partial charge in [0.1, 0.15) is 12.2 Å². The van der Waals surface area contributed by atoms with Crippen molar-refractivity contribution in [2.24, 2.45) is 0 Å². The topological polar surface area (TPSA) is 82.0 Å². The summed E-state index contributed by atoms with van der Waals surface area (Å²) in [6, 6.07) is -0.344. The minimum absolute atomic E-state index is 0.316. The fourth-order valence-corrected chi connectivity index (χ4v) is 1.45. The van der Waals surface area contributed by atoms with Crippen LogP contribution < -0.4 is 5.32 Å². The summed E-state index contributed by atoms with van der Waals surface area (Å²) in [5.41, 5.74) is 0. The molecule has 0 aromatic rings. The largest absolute Gasteiger partial charge is 0.388 e. The lowest BCUT2D eigenvalue weighted by Gasteiger charge is -2.39. The third kappa shape index (κ3) is 1.60. The monoisotopic (exact) mass is 177 g/mol. The van der Waals surface area contributed by atoms with Gasteiger partial charge in [0.2, 0.25) is 0 Å². The molecule has 1 saturated heterocycles. The van der Waals surface area contributed by atoms with Crippen molar-refractivity contribution in [2.75, 3.05) is 7.05 Å². The molecule has 72 valence electrons. The number of hydrogen-bond acceptors (Lipinski definition) is 5. The highest BCUT2D eigenvalue weighted by Crippen LogP contribution is 2.18. The van der Waals surface area contributed by atoms with Crippen LogP contribution in [0.1, 0.15) is 6.92 Å². The summed E-state index contributed by atoms with van der Waals surface area (Å²) in [5.74, 6) is 0. The highest BCUT2D eigenvalue weighted by atomic mass is 16.6.